The SMILES string of the molecule is O=C(O)c1ccc(C(F)(F)F)cc1Nc1ccc(Cl)c2ccccc12. The van der Waals surface area contributed by atoms with E-state index in [1.54, 1.807) is 36.4 Å². The van der Waals surface area contributed by atoms with E-state index < -0.39 is 17.7 Å². The predicted molar refractivity (Wildman–Crippen MR) is 90.6 cm³/mol. The Morgan fingerprint density at radius 2 is 1.64 bits per heavy atom. The van der Waals surface area contributed by atoms with Crippen LogP contribution in [0.4, 0.5) is 24.5 Å². The first-order valence-electron chi connectivity index (χ1n) is 7.16. The van der Waals surface area contributed by atoms with Crippen molar-refractivity contribution in [1.82, 2.24) is 0 Å². The van der Waals surface area contributed by atoms with Crippen LogP contribution in [0.25, 0.3) is 10.8 Å². The molecule has 0 aromatic heterocycles. The smallest absolute Gasteiger partial charge is 0.416 e. The van der Waals surface area contributed by atoms with Gasteiger partial charge in [0.2, 0.25) is 0 Å². The van der Waals surface area contributed by atoms with Gasteiger partial charge in [0.1, 0.15) is 0 Å². The molecule has 0 heterocycles. The summed E-state index contributed by atoms with van der Waals surface area (Å²) >= 11 is 6.13. The molecule has 0 saturated carbocycles. The van der Waals surface area contributed by atoms with Gasteiger partial charge in [-0.05, 0) is 30.3 Å². The zero-order valence-corrected chi connectivity index (χ0v) is 13.3. The molecule has 0 radical (unpaired) electrons. The second-order valence-electron chi connectivity index (χ2n) is 5.33. The number of fused-ring (bicyclic) bond motifs is 1. The minimum Gasteiger partial charge on any atom is -0.478 e. The lowest BCUT2D eigenvalue weighted by atomic mass is 10.1. The highest BCUT2D eigenvalue weighted by molar-refractivity contribution is 6.36. The van der Waals surface area contributed by atoms with Crippen molar-refractivity contribution in [3.05, 3.63) is 70.7 Å². The van der Waals surface area contributed by atoms with E-state index in [0.29, 0.717) is 21.5 Å². The topological polar surface area (TPSA) is 49.3 Å². The molecule has 0 unspecified atom stereocenters. The minimum atomic E-state index is -4.57. The van der Waals surface area contributed by atoms with Crippen LogP contribution in [0.15, 0.2) is 54.6 Å². The third-order valence-electron chi connectivity index (χ3n) is 3.72. The number of alkyl halides is 3. The molecule has 3 nitrogen and oxygen atoms in total. The zero-order chi connectivity index (χ0) is 18.2. The first-order valence-corrected chi connectivity index (χ1v) is 7.54. The van der Waals surface area contributed by atoms with E-state index in [2.05, 4.69) is 5.32 Å². The predicted octanol–water partition coefficient (Wildman–Crippen LogP) is 5.95. The highest BCUT2D eigenvalue weighted by Crippen LogP contribution is 2.36. The lowest BCUT2D eigenvalue weighted by Gasteiger charge is -2.15. The fraction of sp³-hybridized carbons (Fsp3) is 0.0556. The maximum Gasteiger partial charge on any atom is 0.416 e. The molecule has 0 saturated heterocycles. The van der Waals surface area contributed by atoms with E-state index in [4.69, 9.17) is 11.6 Å². The second-order valence-corrected chi connectivity index (χ2v) is 5.74. The Morgan fingerprint density at radius 3 is 2.28 bits per heavy atom. The van der Waals surface area contributed by atoms with Gasteiger partial charge in [-0.3, -0.25) is 0 Å². The van der Waals surface area contributed by atoms with E-state index in [-0.39, 0.29) is 11.3 Å². The molecule has 2 N–H and O–H groups in total. The monoisotopic (exact) mass is 365 g/mol. The number of benzene rings is 3. The lowest BCUT2D eigenvalue weighted by Crippen LogP contribution is -2.09. The van der Waals surface area contributed by atoms with Crippen molar-refractivity contribution < 1.29 is 23.1 Å². The minimum absolute atomic E-state index is 0.144. The summed E-state index contributed by atoms with van der Waals surface area (Å²) < 4.78 is 38.9. The third kappa shape index (κ3) is 3.39. The number of hydrogen-bond donors (Lipinski definition) is 2. The molecule has 25 heavy (non-hydrogen) atoms. The Labute approximate surface area is 145 Å². The van der Waals surface area contributed by atoms with E-state index in [1.165, 1.54) is 0 Å². The van der Waals surface area contributed by atoms with Gasteiger partial charge in [0, 0.05) is 21.5 Å². The quantitative estimate of drug-likeness (QED) is 0.602. The molecule has 7 heteroatoms. The molecule has 0 aliphatic rings. The van der Waals surface area contributed by atoms with Crippen LogP contribution in [-0.4, -0.2) is 11.1 Å². The van der Waals surface area contributed by atoms with Crippen molar-refractivity contribution in [2.24, 2.45) is 0 Å². The van der Waals surface area contributed by atoms with E-state index in [0.717, 1.165) is 18.2 Å². The lowest BCUT2D eigenvalue weighted by molar-refractivity contribution is -0.137. The van der Waals surface area contributed by atoms with Crippen LogP contribution >= 0.6 is 11.6 Å². The molecule has 3 aromatic carbocycles. The molecule has 3 aromatic rings. The number of carboxylic acid groups (broad SMARTS) is 1. The molecule has 0 atom stereocenters. The van der Waals surface area contributed by atoms with Crippen LogP contribution in [-0.2, 0) is 6.18 Å². The Hall–Kier alpha value is -2.73. The zero-order valence-electron chi connectivity index (χ0n) is 12.6. The van der Waals surface area contributed by atoms with Gasteiger partial charge >= 0.3 is 12.1 Å². The number of carbonyl (C=O) groups is 1. The first-order chi connectivity index (χ1) is 11.8. The fourth-order valence-electron chi connectivity index (χ4n) is 2.53. The largest absolute Gasteiger partial charge is 0.478 e. The molecule has 0 aliphatic heterocycles. The number of anilines is 2. The molecule has 0 spiro atoms. The number of rotatable bonds is 3. The molecule has 0 bridgehead atoms. The van der Waals surface area contributed by atoms with Gasteiger partial charge in [0.15, 0.2) is 0 Å². The molecule has 0 fully saturated rings. The fourth-order valence-corrected chi connectivity index (χ4v) is 2.75. The summed E-state index contributed by atoms with van der Waals surface area (Å²) in [4.78, 5) is 11.3. The number of aromatic carboxylic acids is 1. The average molecular weight is 366 g/mol. The molecule has 128 valence electrons. The summed E-state index contributed by atoms with van der Waals surface area (Å²) in [5, 5.41) is 13.9. The standard InChI is InChI=1S/C18H11ClF3NO2/c19-14-7-8-15(12-4-2-1-3-11(12)14)23-16-9-10(18(20,21)22)5-6-13(16)17(24)25/h1-9,23H,(H,24,25). The molecule has 3 rings (SSSR count). The first kappa shape index (κ1) is 17.1. The van der Waals surface area contributed by atoms with Crippen LogP contribution in [0.3, 0.4) is 0 Å². The van der Waals surface area contributed by atoms with Gasteiger partial charge in [0.05, 0.1) is 16.8 Å². The van der Waals surface area contributed by atoms with Gasteiger partial charge in [-0.2, -0.15) is 13.2 Å². The Kier molecular flexibility index (Phi) is 4.30. The summed E-state index contributed by atoms with van der Waals surface area (Å²) in [5.74, 6) is -1.32. The maximum absolute atomic E-state index is 13.0. The number of nitrogens with one attached hydrogen (secondary N) is 1. The van der Waals surface area contributed by atoms with E-state index >= 15 is 0 Å². The highest BCUT2D eigenvalue weighted by atomic mass is 35.5. The average Bonchev–Trinajstić information content (AvgIpc) is 2.56. The van der Waals surface area contributed by atoms with Gasteiger partial charge in [-0.1, -0.05) is 35.9 Å². The molecular weight excluding hydrogens is 355 g/mol. The van der Waals surface area contributed by atoms with Crippen molar-refractivity contribution in [2.75, 3.05) is 5.32 Å². The normalized spacial score (nSPS) is 11.5. The van der Waals surface area contributed by atoms with Crippen LogP contribution in [0, 0.1) is 0 Å². The van der Waals surface area contributed by atoms with Gasteiger partial charge in [-0.15, -0.1) is 0 Å². The van der Waals surface area contributed by atoms with Gasteiger partial charge in [0.25, 0.3) is 0 Å². The summed E-state index contributed by atoms with van der Waals surface area (Å²) in [6, 6.07) is 12.7. The van der Waals surface area contributed by atoms with Gasteiger partial charge < -0.3 is 10.4 Å². The molecular formula is C18H11ClF3NO2. The third-order valence-corrected chi connectivity index (χ3v) is 4.05. The summed E-state index contributed by atoms with van der Waals surface area (Å²) in [6.07, 6.45) is -4.57. The number of carboxylic acids is 1. The summed E-state index contributed by atoms with van der Waals surface area (Å²) in [6.45, 7) is 0. The van der Waals surface area contributed by atoms with Crippen molar-refractivity contribution in [3.8, 4) is 0 Å². The van der Waals surface area contributed by atoms with Crippen molar-refractivity contribution >= 4 is 39.7 Å². The Bertz CT molecular complexity index is 970. The summed E-state index contributed by atoms with van der Waals surface area (Å²) in [5.41, 5.74) is -0.873. The number of halogens is 4. The van der Waals surface area contributed by atoms with Crippen molar-refractivity contribution in [2.45, 2.75) is 6.18 Å². The van der Waals surface area contributed by atoms with E-state index in [1.807, 2.05) is 0 Å². The highest BCUT2D eigenvalue weighted by Gasteiger charge is 2.31. The second kappa shape index (κ2) is 6.29. The number of hydrogen-bond acceptors (Lipinski definition) is 2. The Morgan fingerprint density at radius 1 is 0.960 bits per heavy atom. The maximum atomic E-state index is 13.0. The Balaban J connectivity index is 2.14. The van der Waals surface area contributed by atoms with Crippen LogP contribution in [0.5, 0.6) is 0 Å². The molecule has 0 amide bonds. The van der Waals surface area contributed by atoms with Crippen molar-refractivity contribution in [1.29, 1.82) is 0 Å². The van der Waals surface area contributed by atoms with Crippen LogP contribution in [0.2, 0.25) is 5.02 Å². The summed E-state index contributed by atoms with van der Waals surface area (Å²) in [7, 11) is 0. The molecule has 0 aliphatic carbocycles. The van der Waals surface area contributed by atoms with Crippen LogP contribution < -0.4 is 5.32 Å². The van der Waals surface area contributed by atoms with Gasteiger partial charge in [-0.25, -0.2) is 4.79 Å². The van der Waals surface area contributed by atoms with E-state index in [9.17, 15) is 23.1 Å². The van der Waals surface area contributed by atoms with Crippen molar-refractivity contribution in [3.63, 3.8) is 0 Å². The van der Waals surface area contributed by atoms with Crippen LogP contribution in [0.1, 0.15) is 15.9 Å².